The van der Waals surface area contributed by atoms with Crippen LogP contribution in [0.25, 0.3) is 0 Å². The minimum atomic E-state index is -0.347. The summed E-state index contributed by atoms with van der Waals surface area (Å²) in [5.74, 6) is 0.353. The van der Waals surface area contributed by atoms with E-state index in [-0.39, 0.29) is 17.9 Å². The van der Waals surface area contributed by atoms with Crippen LogP contribution in [-0.2, 0) is 7.05 Å². The van der Waals surface area contributed by atoms with Crippen LogP contribution >= 0.6 is 0 Å². The second kappa shape index (κ2) is 9.23. The van der Waals surface area contributed by atoms with E-state index in [9.17, 15) is 9.59 Å². The molecule has 1 aromatic heterocycles. The third-order valence-electron chi connectivity index (χ3n) is 5.79. The number of anilines is 1. The number of carbonyl (C=O) groups is 2. The number of carbonyl (C=O) groups excluding carboxylic acids is 2. The van der Waals surface area contributed by atoms with Gasteiger partial charge in [-0.25, -0.2) is 0 Å². The summed E-state index contributed by atoms with van der Waals surface area (Å²) in [5, 5.41) is 6.97. The van der Waals surface area contributed by atoms with Crippen LogP contribution in [0.3, 0.4) is 0 Å². The molecule has 2 amide bonds. The van der Waals surface area contributed by atoms with Gasteiger partial charge in [-0.2, -0.15) is 5.10 Å². The van der Waals surface area contributed by atoms with E-state index in [1.165, 1.54) is 0 Å². The van der Waals surface area contributed by atoms with Crippen molar-refractivity contribution in [3.05, 3.63) is 77.6 Å². The Morgan fingerprint density at radius 2 is 1.78 bits per heavy atom. The van der Waals surface area contributed by atoms with Gasteiger partial charge >= 0.3 is 0 Å². The van der Waals surface area contributed by atoms with Gasteiger partial charge in [-0.3, -0.25) is 19.2 Å². The first-order valence-corrected chi connectivity index (χ1v) is 10.5. The van der Waals surface area contributed by atoms with Gasteiger partial charge in [0.1, 0.15) is 5.75 Å². The predicted octanol–water partition coefficient (Wildman–Crippen LogP) is 2.81. The van der Waals surface area contributed by atoms with Crippen molar-refractivity contribution >= 4 is 17.5 Å². The van der Waals surface area contributed by atoms with Crippen molar-refractivity contribution < 1.29 is 14.3 Å². The van der Waals surface area contributed by atoms with Gasteiger partial charge in [-0.05, 0) is 42.9 Å². The standard InChI is InChI=1S/C24H27N5O3/c1-27-14-15-29(16-22(27)17-8-10-18(32-3)11-9-17)24(31)19-6-4-5-7-20(19)25-23(30)21-12-13-28(2)26-21/h4-13,22H,14-16H2,1-3H3,(H,25,30)/t22-/m0/s1. The van der Waals surface area contributed by atoms with Crippen LogP contribution in [0.1, 0.15) is 32.5 Å². The van der Waals surface area contributed by atoms with E-state index >= 15 is 0 Å². The molecule has 0 bridgehead atoms. The summed E-state index contributed by atoms with van der Waals surface area (Å²) >= 11 is 0. The zero-order chi connectivity index (χ0) is 22.7. The number of aromatic nitrogens is 2. The van der Waals surface area contributed by atoms with Gasteiger partial charge in [0, 0.05) is 32.9 Å². The summed E-state index contributed by atoms with van der Waals surface area (Å²) in [4.78, 5) is 30.1. The molecule has 1 fully saturated rings. The molecule has 1 N–H and O–H groups in total. The topological polar surface area (TPSA) is 79.7 Å². The average Bonchev–Trinajstić information content (AvgIpc) is 3.26. The van der Waals surface area contributed by atoms with Crippen molar-refractivity contribution in [3.63, 3.8) is 0 Å². The minimum absolute atomic E-state index is 0.0777. The van der Waals surface area contributed by atoms with Crippen molar-refractivity contribution in [1.29, 1.82) is 0 Å². The molecule has 2 aromatic carbocycles. The Morgan fingerprint density at radius 1 is 1.03 bits per heavy atom. The summed E-state index contributed by atoms with van der Waals surface area (Å²) < 4.78 is 6.83. The number of methoxy groups -OCH3 is 1. The van der Waals surface area contributed by atoms with Gasteiger partial charge < -0.3 is 15.0 Å². The molecule has 166 valence electrons. The fourth-order valence-corrected chi connectivity index (χ4v) is 3.92. The van der Waals surface area contributed by atoms with E-state index in [1.807, 2.05) is 29.2 Å². The van der Waals surface area contributed by atoms with Gasteiger partial charge in [0.2, 0.25) is 0 Å². The Labute approximate surface area is 187 Å². The Balaban J connectivity index is 1.53. The molecule has 8 heteroatoms. The number of rotatable bonds is 5. The summed E-state index contributed by atoms with van der Waals surface area (Å²) in [6, 6.07) is 16.8. The molecule has 32 heavy (non-hydrogen) atoms. The molecule has 1 aliphatic rings. The van der Waals surface area contributed by atoms with E-state index in [0.717, 1.165) is 17.9 Å². The van der Waals surface area contributed by atoms with Gasteiger partial charge in [-0.15, -0.1) is 0 Å². The van der Waals surface area contributed by atoms with Crippen molar-refractivity contribution in [2.45, 2.75) is 6.04 Å². The number of likely N-dealkylation sites (N-methyl/N-ethyl adjacent to an activating group) is 1. The van der Waals surface area contributed by atoms with E-state index in [0.29, 0.717) is 30.0 Å². The third-order valence-corrected chi connectivity index (χ3v) is 5.79. The molecular weight excluding hydrogens is 406 g/mol. The van der Waals surface area contributed by atoms with E-state index in [2.05, 4.69) is 22.4 Å². The first-order chi connectivity index (χ1) is 15.5. The second-order valence-corrected chi connectivity index (χ2v) is 7.90. The first-order valence-electron chi connectivity index (χ1n) is 10.5. The highest BCUT2D eigenvalue weighted by molar-refractivity contribution is 6.08. The lowest BCUT2D eigenvalue weighted by Gasteiger charge is -2.40. The molecule has 1 aliphatic heterocycles. The quantitative estimate of drug-likeness (QED) is 0.669. The average molecular weight is 434 g/mol. The number of para-hydroxylation sites is 1. The number of ether oxygens (including phenoxy) is 1. The SMILES string of the molecule is COc1ccc([C@@H]2CN(C(=O)c3ccccc3NC(=O)c3ccn(C)n3)CCN2C)cc1. The van der Waals surface area contributed by atoms with E-state index in [4.69, 9.17) is 4.74 Å². The summed E-state index contributed by atoms with van der Waals surface area (Å²) in [6.45, 7) is 1.93. The number of aryl methyl sites for hydroxylation is 1. The summed E-state index contributed by atoms with van der Waals surface area (Å²) in [5.41, 5.74) is 2.37. The van der Waals surface area contributed by atoms with Gasteiger partial charge in [0.15, 0.2) is 5.69 Å². The molecule has 4 rings (SSSR count). The number of hydrogen-bond donors (Lipinski definition) is 1. The molecule has 1 atom stereocenters. The Morgan fingerprint density at radius 3 is 2.47 bits per heavy atom. The Kier molecular flexibility index (Phi) is 6.23. The van der Waals surface area contributed by atoms with Gasteiger partial charge in [0.05, 0.1) is 24.4 Å². The van der Waals surface area contributed by atoms with Crippen molar-refractivity contribution in [2.75, 3.05) is 39.1 Å². The lowest BCUT2D eigenvalue weighted by Crippen LogP contribution is -2.49. The molecule has 0 spiro atoms. The molecule has 0 saturated carbocycles. The first kappa shape index (κ1) is 21.6. The molecule has 0 aliphatic carbocycles. The Bertz CT molecular complexity index is 1110. The maximum absolute atomic E-state index is 13.4. The van der Waals surface area contributed by atoms with Crippen molar-refractivity contribution in [2.24, 2.45) is 7.05 Å². The normalized spacial score (nSPS) is 16.6. The highest BCUT2D eigenvalue weighted by Gasteiger charge is 2.30. The maximum Gasteiger partial charge on any atom is 0.276 e. The van der Waals surface area contributed by atoms with Crippen LogP contribution in [0.15, 0.2) is 60.8 Å². The largest absolute Gasteiger partial charge is 0.497 e. The van der Waals surface area contributed by atoms with Crippen LogP contribution in [0.5, 0.6) is 5.75 Å². The number of hydrogen-bond acceptors (Lipinski definition) is 5. The number of benzene rings is 2. The number of nitrogens with one attached hydrogen (secondary N) is 1. The maximum atomic E-state index is 13.4. The fourth-order valence-electron chi connectivity index (χ4n) is 3.92. The van der Waals surface area contributed by atoms with Crippen LogP contribution in [0, 0.1) is 0 Å². The van der Waals surface area contributed by atoms with Crippen LogP contribution in [-0.4, -0.2) is 65.2 Å². The smallest absolute Gasteiger partial charge is 0.276 e. The molecule has 1 saturated heterocycles. The molecule has 3 aromatic rings. The fraction of sp³-hybridized carbons (Fsp3) is 0.292. The summed E-state index contributed by atoms with van der Waals surface area (Å²) in [6.07, 6.45) is 1.70. The van der Waals surface area contributed by atoms with Crippen LogP contribution in [0.4, 0.5) is 5.69 Å². The molecule has 0 unspecified atom stereocenters. The van der Waals surface area contributed by atoms with E-state index in [1.54, 1.807) is 55.4 Å². The number of piperazine rings is 1. The third kappa shape index (κ3) is 4.50. The Hall–Kier alpha value is -3.65. The van der Waals surface area contributed by atoms with Crippen LogP contribution in [0.2, 0.25) is 0 Å². The monoisotopic (exact) mass is 433 g/mol. The van der Waals surface area contributed by atoms with Crippen molar-refractivity contribution in [3.8, 4) is 5.75 Å². The lowest BCUT2D eigenvalue weighted by atomic mass is 10.0. The predicted molar refractivity (Wildman–Crippen MR) is 122 cm³/mol. The number of amides is 2. The second-order valence-electron chi connectivity index (χ2n) is 7.90. The lowest BCUT2D eigenvalue weighted by molar-refractivity contribution is 0.0547. The van der Waals surface area contributed by atoms with Gasteiger partial charge in [0.25, 0.3) is 11.8 Å². The molecule has 2 heterocycles. The van der Waals surface area contributed by atoms with Crippen molar-refractivity contribution in [1.82, 2.24) is 19.6 Å². The molecule has 8 nitrogen and oxygen atoms in total. The molecular formula is C24H27N5O3. The summed E-state index contributed by atoms with van der Waals surface area (Å²) in [7, 11) is 5.46. The zero-order valence-corrected chi connectivity index (χ0v) is 18.5. The van der Waals surface area contributed by atoms with Crippen LogP contribution < -0.4 is 10.1 Å². The van der Waals surface area contributed by atoms with Gasteiger partial charge in [-0.1, -0.05) is 24.3 Å². The zero-order valence-electron chi connectivity index (χ0n) is 18.5. The number of nitrogens with zero attached hydrogens (tertiary/aromatic N) is 4. The highest BCUT2D eigenvalue weighted by atomic mass is 16.5. The minimum Gasteiger partial charge on any atom is -0.497 e. The van der Waals surface area contributed by atoms with E-state index < -0.39 is 0 Å². The highest BCUT2D eigenvalue weighted by Crippen LogP contribution is 2.28. The molecule has 0 radical (unpaired) electrons.